The van der Waals surface area contributed by atoms with Gasteiger partial charge in [-0.2, -0.15) is 13.2 Å². The van der Waals surface area contributed by atoms with Crippen molar-refractivity contribution < 1.29 is 13.2 Å². The number of hydrazine groups is 1. The molecule has 1 unspecified atom stereocenters. The van der Waals surface area contributed by atoms with Gasteiger partial charge in [-0.25, -0.2) is 0 Å². The lowest BCUT2D eigenvalue weighted by atomic mass is 9.79. The highest BCUT2D eigenvalue weighted by Gasteiger charge is 2.32. The first-order valence-corrected chi connectivity index (χ1v) is 6.12. The van der Waals surface area contributed by atoms with E-state index in [0.717, 1.165) is 18.4 Å². The lowest BCUT2D eigenvalue weighted by Crippen LogP contribution is -2.31. The van der Waals surface area contributed by atoms with E-state index in [1.54, 1.807) is 6.07 Å². The number of nitrogens with two attached hydrogens (primary N) is 1. The predicted molar refractivity (Wildman–Crippen MR) is 63.8 cm³/mol. The Balaban J connectivity index is 2.14. The largest absolute Gasteiger partial charge is 0.390 e. The molecule has 2 rings (SSSR count). The number of alkyl halides is 3. The molecular weight excluding hydrogens is 241 g/mol. The van der Waals surface area contributed by atoms with E-state index in [4.69, 9.17) is 5.84 Å². The molecule has 0 saturated heterocycles. The molecule has 3 N–H and O–H groups in total. The molecule has 0 amide bonds. The van der Waals surface area contributed by atoms with E-state index in [-0.39, 0.29) is 0 Å². The van der Waals surface area contributed by atoms with Crippen molar-refractivity contribution in [2.75, 3.05) is 0 Å². The van der Waals surface area contributed by atoms with Crippen molar-refractivity contribution in [1.29, 1.82) is 0 Å². The van der Waals surface area contributed by atoms with Crippen molar-refractivity contribution in [3.8, 4) is 0 Å². The van der Waals surface area contributed by atoms with Crippen molar-refractivity contribution >= 4 is 0 Å². The molecule has 0 spiro atoms. The van der Waals surface area contributed by atoms with Gasteiger partial charge in [0.2, 0.25) is 0 Å². The van der Waals surface area contributed by atoms with Crippen LogP contribution in [0.3, 0.4) is 0 Å². The van der Waals surface area contributed by atoms with Gasteiger partial charge in [-0.05, 0) is 29.9 Å². The van der Waals surface area contributed by atoms with Gasteiger partial charge in [0.15, 0.2) is 0 Å². The van der Waals surface area contributed by atoms with Gasteiger partial charge < -0.3 is 0 Å². The molecular formula is C13H17F3N2. The molecule has 100 valence electrons. The van der Waals surface area contributed by atoms with Gasteiger partial charge in [-0.1, -0.05) is 30.7 Å². The standard InChI is InChI=1S/C13H17F3N2/c14-13(15,16)8-12(18-17)11-6-2-5-10(7-11)9-3-1-4-9/h2,5-7,9,12,18H,1,3-4,8,17H2. The molecule has 0 aromatic heterocycles. The minimum atomic E-state index is -4.22. The fraction of sp³-hybridized carbons (Fsp3) is 0.538. The Morgan fingerprint density at radius 3 is 2.56 bits per heavy atom. The van der Waals surface area contributed by atoms with Crippen LogP contribution >= 0.6 is 0 Å². The van der Waals surface area contributed by atoms with Crippen LogP contribution in [0.1, 0.15) is 48.8 Å². The van der Waals surface area contributed by atoms with E-state index in [1.165, 1.54) is 6.42 Å². The normalized spacial score (nSPS) is 18.4. The SMILES string of the molecule is NNC(CC(F)(F)F)c1cccc(C2CCC2)c1. The third-order valence-electron chi connectivity index (χ3n) is 3.53. The maximum atomic E-state index is 12.4. The van der Waals surface area contributed by atoms with Crippen LogP contribution in [0.25, 0.3) is 0 Å². The highest BCUT2D eigenvalue weighted by Crippen LogP contribution is 2.37. The summed E-state index contributed by atoms with van der Waals surface area (Å²) in [6, 6.07) is 6.46. The van der Waals surface area contributed by atoms with E-state index >= 15 is 0 Å². The molecule has 1 fully saturated rings. The fourth-order valence-corrected chi connectivity index (χ4v) is 2.28. The second kappa shape index (κ2) is 5.28. The molecule has 0 aliphatic heterocycles. The summed E-state index contributed by atoms with van der Waals surface area (Å²) in [5.41, 5.74) is 3.99. The van der Waals surface area contributed by atoms with Crippen LogP contribution in [0.15, 0.2) is 24.3 Å². The summed E-state index contributed by atoms with van der Waals surface area (Å²) in [6.45, 7) is 0. The maximum Gasteiger partial charge on any atom is 0.390 e. The molecule has 1 saturated carbocycles. The molecule has 1 aliphatic carbocycles. The van der Waals surface area contributed by atoms with Crippen molar-refractivity contribution in [2.45, 2.75) is 43.8 Å². The molecule has 1 aromatic rings. The second-order valence-electron chi connectivity index (χ2n) is 4.84. The summed E-state index contributed by atoms with van der Waals surface area (Å²) >= 11 is 0. The Bertz CT molecular complexity index is 399. The van der Waals surface area contributed by atoms with Crippen LogP contribution in [0.4, 0.5) is 13.2 Å². The molecule has 2 nitrogen and oxygen atoms in total. The Morgan fingerprint density at radius 1 is 1.33 bits per heavy atom. The average molecular weight is 258 g/mol. The molecule has 0 bridgehead atoms. The first-order chi connectivity index (χ1) is 8.49. The molecule has 0 radical (unpaired) electrons. The maximum absolute atomic E-state index is 12.4. The molecule has 18 heavy (non-hydrogen) atoms. The van der Waals surface area contributed by atoms with Crippen LogP contribution in [-0.2, 0) is 0 Å². The number of hydrogen-bond acceptors (Lipinski definition) is 2. The zero-order valence-electron chi connectivity index (χ0n) is 10.0. The number of rotatable bonds is 4. The van der Waals surface area contributed by atoms with E-state index in [1.807, 2.05) is 18.2 Å². The number of hydrogen-bond donors (Lipinski definition) is 2. The van der Waals surface area contributed by atoms with E-state index in [0.29, 0.717) is 11.5 Å². The van der Waals surface area contributed by atoms with Crippen molar-refractivity contribution in [1.82, 2.24) is 5.43 Å². The van der Waals surface area contributed by atoms with Crippen LogP contribution in [0, 0.1) is 0 Å². The fourth-order valence-electron chi connectivity index (χ4n) is 2.28. The second-order valence-corrected chi connectivity index (χ2v) is 4.84. The summed E-state index contributed by atoms with van der Waals surface area (Å²) < 4.78 is 37.3. The first kappa shape index (κ1) is 13.4. The highest BCUT2D eigenvalue weighted by molar-refractivity contribution is 5.29. The summed E-state index contributed by atoms with van der Waals surface area (Å²) in [6.07, 6.45) is -1.70. The predicted octanol–water partition coefficient (Wildman–Crippen LogP) is 3.41. The average Bonchev–Trinajstić information content (AvgIpc) is 2.23. The number of halogens is 3. The number of nitrogens with one attached hydrogen (secondary N) is 1. The lowest BCUT2D eigenvalue weighted by Gasteiger charge is -2.27. The minimum absolute atomic E-state index is 0.509. The number of benzene rings is 1. The Morgan fingerprint density at radius 2 is 2.06 bits per heavy atom. The smallest absolute Gasteiger partial charge is 0.271 e. The van der Waals surface area contributed by atoms with Gasteiger partial charge in [-0.15, -0.1) is 0 Å². The van der Waals surface area contributed by atoms with Crippen molar-refractivity contribution in [3.63, 3.8) is 0 Å². The lowest BCUT2D eigenvalue weighted by molar-refractivity contribution is -0.140. The Labute approximate surface area is 104 Å². The van der Waals surface area contributed by atoms with E-state index in [2.05, 4.69) is 5.43 Å². The van der Waals surface area contributed by atoms with Crippen molar-refractivity contribution in [3.05, 3.63) is 35.4 Å². The first-order valence-electron chi connectivity index (χ1n) is 6.12. The summed E-state index contributed by atoms with van der Waals surface area (Å²) in [5.74, 6) is 5.74. The van der Waals surface area contributed by atoms with Gasteiger partial charge in [0.1, 0.15) is 0 Å². The Hall–Kier alpha value is -1.07. The zero-order chi connectivity index (χ0) is 13.2. The van der Waals surface area contributed by atoms with Crippen LogP contribution in [0.5, 0.6) is 0 Å². The third-order valence-corrected chi connectivity index (χ3v) is 3.53. The van der Waals surface area contributed by atoms with Gasteiger partial charge in [0, 0.05) is 0 Å². The Kier molecular flexibility index (Phi) is 3.92. The summed E-state index contributed by atoms with van der Waals surface area (Å²) in [4.78, 5) is 0. The molecule has 5 heteroatoms. The summed E-state index contributed by atoms with van der Waals surface area (Å²) in [7, 11) is 0. The van der Waals surface area contributed by atoms with Gasteiger partial charge >= 0.3 is 6.18 Å². The van der Waals surface area contributed by atoms with Gasteiger partial charge in [-0.3, -0.25) is 11.3 Å². The molecule has 1 atom stereocenters. The molecule has 1 aliphatic rings. The van der Waals surface area contributed by atoms with Gasteiger partial charge in [0.05, 0.1) is 12.5 Å². The molecule has 0 heterocycles. The third kappa shape index (κ3) is 3.23. The summed E-state index contributed by atoms with van der Waals surface area (Å²) in [5, 5.41) is 0. The topological polar surface area (TPSA) is 38.0 Å². The van der Waals surface area contributed by atoms with Gasteiger partial charge in [0.25, 0.3) is 0 Å². The van der Waals surface area contributed by atoms with E-state index in [9.17, 15) is 13.2 Å². The van der Waals surface area contributed by atoms with Crippen LogP contribution in [-0.4, -0.2) is 6.18 Å². The van der Waals surface area contributed by atoms with Crippen LogP contribution < -0.4 is 11.3 Å². The van der Waals surface area contributed by atoms with Crippen molar-refractivity contribution in [2.24, 2.45) is 5.84 Å². The zero-order valence-corrected chi connectivity index (χ0v) is 10.0. The minimum Gasteiger partial charge on any atom is -0.271 e. The quantitative estimate of drug-likeness (QED) is 0.641. The van der Waals surface area contributed by atoms with Crippen LogP contribution in [0.2, 0.25) is 0 Å². The van der Waals surface area contributed by atoms with E-state index < -0.39 is 18.6 Å². The molecule has 1 aromatic carbocycles. The highest BCUT2D eigenvalue weighted by atomic mass is 19.4. The monoisotopic (exact) mass is 258 g/mol.